The van der Waals surface area contributed by atoms with Crippen molar-refractivity contribution in [2.24, 2.45) is 5.10 Å². The highest BCUT2D eigenvalue weighted by molar-refractivity contribution is 5.91. The third kappa shape index (κ3) is 3.06. The van der Waals surface area contributed by atoms with E-state index in [1.807, 2.05) is 0 Å². The van der Waals surface area contributed by atoms with E-state index < -0.39 is 5.91 Å². The number of ether oxygens (including phenoxy) is 1. The minimum absolute atomic E-state index is 0.0327. The number of carbonyl (C=O) groups is 1. The Morgan fingerprint density at radius 2 is 2.42 bits per heavy atom. The van der Waals surface area contributed by atoms with E-state index >= 15 is 0 Å². The summed E-state index contributed by atoms with van der Waals surface area (Å²) in [6, 6.07) is 4.68. The van der Waals surface area contributed by atoms with Crippen molar-refractivity contribution in [3.8, 4) is 11.5 Å². The van der Waals surface area contributed by atoms with Crippen molar-refractivity contribution < 1.29 is 14.6 Å². The topological polar surface area (TPSA) is 112 Å². The largest absolute Gasteiger partial charge is 0.504 e. The SMILES string of the molecule is COc1cc(/C=N/NC(=O)c2ncn[nH]2)ccc1O. The first-order valence-corrected chi connectivity index (χ1v) is 5.26. The predicted octanol–water partition coefficient (Wildman–Crippen LogP) is 0.283. The van der Waals surface area contributed by atoms with Crippen molar-refractivity contribution in [2.45, 2.75) is 0 Å². The van der Waals surface area contributed by atoms with Gasteiger partial charge in [-0.05, 0) is 23.8 Å². The molecule has 0 saturated heterocycles. The van der Waals surface area contributed by atoms with E-state index in [0.717, 1.165) is 0 Å². The lowest BCUT2D eigenvalue weighted by atomic mass is 10.2. The molecule has 8 heteroatoms. The molecule has 1 aromatic heterocycles. The summed E-state index contributed by atoms with van der Waals surface area (Å²) in [5.74, 6) is -0.0733. The van der Waals surface area contributed by atoms with Crippen LogP contribution >= 0.6 is 0 Å². The second kappa shape index (κ2) is 5.63. The van der Waals surface area contributed by atoms with E-state index in [1.54, 1.807) is 12.1 Å². The van der Waals surface area contributed by atoms with Crippen molar-refractivity contribution in [1.82, 2.24) is 20.6 Å². The number of carbonyl (C=O) groups excluding carboxylic acids is 1. The van der Waals surface area contributed by atoms with Gasteiger partial charge in [-0.25, -0.2) is 10.4 Å². The first kappa shape index (κ1) is 12.6. The molecule has 0 aliphatic heterocycles. The number of aromatic nitrogens is 3. The maximum atomic E-state index is 11.4. The summed E-state index contributed by atoms with van der Waals surface area (Å²) in [7, 11) is 1.45. The summed E-state index contributed by atoms with van der Waals surface area (Å²) in [5, 5.41) is 19.1. The van der Waals surface area contributed by atoms with Crippen molar-refractivity contribution in [3.05, 3.63) is 35.9 Å². The molecule has 1 heterocycles. The zero-order chi connectivity index (χ0) is 13.7. The number of H-pyrrole nitrogens is 1. The maximum absolute atomic E-state index is 11.4. The second-order valence-electron chi connectivity index (χ2n) is 3.46. The Morgan fingerprint density at radius 1 is 1.58 bits per heavy atom. The Labute approximate surface area is 108 Å². The lowest BCUT2D eigenvalue weighted by Gasteiger charge is -2.03. The Bertz CT molecular complexity index is 594. The van der Waals surface area contributed by atoms with Gasteiger partial charge in [-0.15, -0.1) is 0 Å². The predicted molar refractivity (Wildman–Crippen MR) is 66.1 cm³/mol. The number of hydrazone groups is 1. The smallest absolute Gasteiger partial charge is 0.308 e. The number of phenolic OH excluding ortho intramolecular Hbond substituents is 1. The highest BCUT2D eigenvalue weighted by atomic mass is 16.5. The standard InChI is InChI=1S/C11H11N5O3/c1-19-9-4-7(2-3-8(9)17)5-13-16-11(18)10-12-6-14-15-10/h2-6,17H,1H3,(H,16,18)(H,12,14,15)/b13-5+. The molecule has 0 aliphatic rings. The molecule has 98 valence electrons. The normalized spacial score (nSPS) is 10.6. The second-order valence-corrected chi connectivity index (χ2v) is 3.46. The summed E-state index contributed by atoms with van der Waals surface area (Å²) >= 11 is 0. The third-order valence-corrected chi connectivity index (χ3v) is 2.21. The molecule has 0 fully saturated rings. The number of rotatable bonds is 4. The summed E-state index contributed by atoms with van der Waals surface area (Å²) in [5.41, 5.74) is 2.94. The lowest BCUT2D eigenvalue weighted by Crippen LogP contribution is -2.19. The van der Waals surface area contributed by atoms with E-state index in [4.69, 9.17) is 4.74 Å². The number of nitrogens with one attached hydrogen (secondary N) is 2. The number of phenols is 1. The minimum Gasteiger partial charge on any atom is -0.504 e. The van der Waals surface area contributed by atoms with Gasteiger partial charge in [0.2, 0.25) is 5.82 Å². The molecule has 0 spiro atoms. The van der Waals surface area contributed by atoms with Crippen LogP contribution in [0, 0.1) is 0 Å². The maximum Gasteiger partial charge on any atom is 0.308 e. The van der Waals surface area contributed by atoms with Crippen LogP contribution in [0.2, 0.25) is 0 Å². The minimum atomic E-state index is -0.500. The monoisotopic (exact) mass is 261 g/mol. The number of hydrogen-bond donors (Lipinski definition) is 3. The summed E-state index contributed by atoms with van der Waals surface area (Å²) < 4.78 is 4.95. The van der Waals surface area contributed by atoms with Gasteiger partial charge in [0.25, 0.3) is 0 Å². The zero-order valence-electron chi connectivity index (χ0n) is 9.99. The van der Waals surface area contributed by atoms with Crippen molar-refractivity contribution in [1.29, 1.82) is 0 Å². The fraction of sp³-hybridized carbons (Fsp3) is 0.0909. The van der Waals surface area contributed by atoms with Gasteiger partial charge in [-0.1, -0.05) is 0 Å². The van der Waals surface area contributed by atoms with E-state index in [1.165, 1.54) is 25.7 Å². The molecule has 0 aliphatic carbocycles. The Hall–Kier alpha value is -2.90. The van der Waals surface area contributed by atoms with Gasteiger partial charge in [0.05, 0.1) is 13.3 Å². The number of methoxy groups -OCH3 is 1. The fourth-order valence-electron chi connectivity index (χ4n) is 1.31. The molecule has 1 aromatic carbocycles. The zero-order valence-corrected chi connectivity index (χ0v) is 9.99. The van der Waals surface area contributed by atoms with Gasteiger partial charge < -0.3 is 9.84 Å². The number of amides is 1. The van der Waals surface area contributed by atoms with Gasteiger partial charge >= 0.3 is 5.91 Å². The van der Waals surface area contributed by atoms with E-state index in [2.05, 4.69) is 25.7 Å². The molecule has 2 aromatic rings. The van der Waals surface area contributed by atoms with Gasteiger partial charge in [-0.2, -0.15) is 10.2 Å². The molecular weight excluding hydrogens is 250 g/mol. The van der Waals surface area contributed by atoms with Crippen LogP contribution in [0.3, 0.4) is 0 Å². The Kier molecular flexibility index (Phi) is 3.72. The Morgan fingerprint density at radius 3 is 3.11 bits per heavy atom. The molecule has 0 saturated carbocycles. The molecule has 1 amide bonds. The van der Waals surface area contributed by atoms with Crippen LogP contribution in [0.5, 0.6) is 11.5 Å². The number of nitrogens with zero attached hydrogens (tertiary/aromatic N) is 3. The van der Waals surface area contributed by atoms with Gasteiger partial charge in [0.1, 0.15) is 6.33 Å². The van der Waals surface area contributed by atoms with Crippen molar-refractivity contribution in [3.63, 3.8) is 0 Å². The highest BCUT2D eigenvalue weighted by Crippen LogP contribution is 2.25. The Balaban J connectivity index is 2.01. The molecule has 0 bridgehead atoms. The average Bonchev–Trinajstić information content (AvgIpc) is 2.94. The van der Waals surface area contributed by atoms with Crippen LogP contribution in [0.1, 0.15) is 16.2 Å². The number of aromatic amines is 1. The lowest BCUT2D eigenvalue weighted by molar-refractivity contribution is 0.0945. The van der Waals surface area contributed by atoms with Gasteiger partial charge in [0.15, 0.2) is 11.5 Å². The molecule has 0 radical (unpaired) electrons. The van der Waals surface area contributed by atoms with Crippen LogP contribution in [-0.2, 0) is 0 Å². The third-order valence-electron chi connectivity index (χ3n) is 2.21. The van der Waals surface area contributed by atoms with Crippen LogP contribution in [-0.4, -0.2) is 39.5 Å². The van der Waals surface area contributed by atoms with E-state index in [0.29, 0.717) is 11.3 Å². The number of benzene rings is 1. The first-order chi connectivity index (χ1) is 9.20. The summed E-state index contributed by atoms with van der Waals surface area (Å²) in [6.07, 6.45) is 2.64. The van der Waals surface area contributed by atoms with Crippen molar-refractivity contribution in [2.75, 3.05) is 7.11 Å². The summed E-state index contributed by atoms with van der Waals surface area (Å²) in [6.45, 7) is 0. The van der Waals surface area contributed by atoms with E-state index in [9.17, 15) is 9.90 Å². The molecular formula is C11H11N5O3. The highest BCUT2D eigenvalue weighted by Gasteiger charge is 2.06. The average molecular weight is 261 g/mol. The molecule has 8 nitrogen and oxygen atoms in total. The quantitative estimate of drug-likeness (QED) is 0.540. The fourth-order valence-corrected chi connectivity index (χ4v) is 1.31. The van der Waals surface area contributed by atoms with Crippen molar-refractivity contribution >= 4 is 12.1 Å². The van der Waals surface area contributed by atoms with Crippen LogP contribution < -0.4 is 10.2 Å². The van der Waals surface area contributed by atoms with Crippen LogP contribution in [0.4, 0.5) is 0 Å². The molecule has 2 rings (SSSR count). The molecule has 19 heavy (non-hydrogen) atoms. The number of hydrogen-bond acceptors (Lipinski definition) is 6. The number of aromatic hydroxyl groups is 1. The molecule has 3 N–H and O–H groups in total. The van der Waals surface area contributed by atoms with Crippen LogP contribution in [0.25, 0.3) is 0 Å². The van der Waals surface area contributed by atoms with Gasteiger partial charge in [-0.3, -0.25) is 9.89 Å². The van der Waals surface area contributed by atoms with Gasteiger partial charge in [0, 0.05) is 0 Å². The van der Waals surface area contributed by atoms with E-state index in [-0.39, 0.29) is 11.6 Å². The summed E-state index contributed by atoms with van der Waals surface area (Å²) in [4.78, 5) is 15.1. The van der Waals surface area contributed by atoms with Crippen LogP contribution in [0.15, 0.2) is 29.6 Å². The first-order valence-electron chi connectivity index (χ1n) is 5.26. The molecule has 0 atom stereocenters. The molecule has 0 unspecified atom stereocenters.